The van der Waals surface area contributed by atoms with Gasteiger partial charge in [-0.15, -0.1) is 12.4 Å². The Hall–Kier alpha value is -0.810. The zero-order chi connectivity index (χ0) is 13.0. The minimum absolute atomic E-state index is 0. The second-order valence-electron chi connectivity index (χ2n) is 5.42. The van der Waals surface area contributed by atoms with Crippen LogP contribution < -0.4 is 10.6 Å². The molecular weight excluding hydrogens is 266 g/mol. The van der Waals surface area contributed by atoms with E-state index < -0.39 is 0 Å². The van der Waals surface area contributed by atoms with Crippen molar-refractivity contribution < 1.29 is 9.59 Å². The number of halogens is 1. The molecular formula is C13H24ClN3O2. The Bertz CT molecular complexity index is 315. The van der Waals surface area contributed by atoms with Gasteiger partial charge < -0.3 is 15.5 Å². The maximum absolute atomic E-state index is 11.9. The Balaban J connectivity index is 0.00000180. The summed E-state index contributed by atoms with van der Waals surface area (Å²) < 4.78 is 0. The Morgan fingerprint density at radius 2 is 2.05 bits per heavy atom. The van der Waals surface area contributed by atoms with E-state index in [4.69, 9.17) is 0 Å². The van der Waals surface area contributed by atoms with Crippen molar-refractivity contribution in [1.82, 2.24) is 15.5 Å². The highest BCUT2D eigenvalue weighted by atomic mass is 35.5. The Labute approximate surface area is 120 Å². The van der Waals surface area contributed by atoms with Crippen LogP contribution in [0.1, 0.15) is 38.5 Å². The summed E-state index contributed by atoms with van der Waals surface area (Å²) in [6.45, 7) is 1.26. The second kappa shape index (κ2) is 7.70. The molecule has 0 bridgehead atoms. The quantitative estimate of drug-likeness (QED) is 0.756. The lowest BCUT2D eigenvalue weighted by atomic mass is 10.1. The Morgan fingerprint density at radius 3 is 2.63 bits per heavy atom. The highest BCUT2D eigenvalue weighted by molar-refractivity contribution is 5.85. The molecule has 0 spiro atoms. The van der Waals surface area contributed by atoms with Crippen molar-refractivity contribution in [2.75, 3.05) is 20.1 Å². The van der Waals surface area contributed by atoms with Gasteiger partial charge in [0.15, 0.2) is 0 Å². The van der Waals surface area contributed by atoms with Gasteiger partial charge in [-0.2, -0.15) is 0 Å². The lowest BCUT2D eigenvalue weighted by molar-refractivity contribution is -0.134. The molecule has 110 valence electrons. The summed E-state index contributed by atoms with van der Waals surface area (Å²) in [5, 5.41) is 6.27. The summed E-state index contributed by atoms with van der Waals surface area (Å²) in [5.74, 6) is 0.0296. The number of likely N-dealkylation sites (N-methyl/N-ethyl adjacent to an activating group) is 1. The van der Waals surface area contributed by atoms with Gasteiger partial charge in [0.2, 0.25) is 11.8 Å². The number of carbonyl (C=O) groups is 2. The van der Waals surface area contributed by atoms with Gasteiger partial charge in [-0.1, -0.05) is 0 Å². The standard InChI is InChI=1S/C13H23N3O2.ClH/c1-16(9-12(17)15-11-4-5-11)13(18)7-6-10-3-2-8-14-10;/h10-11,14H,2-9H2,1H3,(H,15,17);1H. The lowest BCUT2D eigenvalue weighted by Crippen LogP contribution is -2.39. The van der Waals surface area contributed by atoms with Crippen molar-refractivity contribution in [3.8, 4) is 0 Å². The average Bonchev–Trinajstić information content (AvgIpc) is 2.98. The average molecular weight is 290 g/mol. The fourth-order valence-corrected chi connectivity index (χ4v) is 2.30. The fraction of sp³-hybridized carbons (Fsp3) is 0.846. The first kappa shape index (κ1) is 16.2. The first-order valence-corrected chi connectivity index (χ1v) is 6.92. The molecule has 2 rings (SSSR count). The predicted octanol–water partition coefficient (Wildman–Crippen LogP) is 0.677. The Morgan fingerprint density at radius 1 is 1.32 bits per heavy atom. The summed E-state index contributed by atoms with van der Waals surface area (Å²) in [7, 11) is 1.71. The van der Waals surface area contributed by atoms with E-state index in [1.807, 2.05) is 0 Å². The third-order valence-electron chi connectivity index (χ3n) is 3.62. The van der Waals surface area contributed by atoms with Crippen LogP contribution in [0.25, 0.3) is 0 Å². The number of amides is 2. The number of nitrogens with one attached hydrogen (secondary N) is 2. The van der Waals surface area contributed by atoms with Gasteiger partial charge in [0.1, 0.15) is 0 Å². The largest absolute Gasteiger partial charge is 0.352 e. The molecule has 1 heterocycles. The molecule has 1 unspecified atom stereocenters. The van der Waals surface area contributed by atoms with Crippen molar-refractivity contribution in [2.45, 2.75) is 50.6 Å². The van der Waals surface area contributed by atoms with Crippen molar-refractivity contribution in [1.29, 1.82) is 0 Å². The van der Waals surface area contributed by atoms with Crippen LogP contribution in [0.4, 0.5) is 0 Å². The maximum Gasteiger partial charge on any atom is 0.239 e. The molecule has 2 fully saturated rings. The molecule has 19 heavy (non-hydrogen) atoms. The smallest absolute Gasteiger partial charge is 0.239 e. The van der Waals surface area contributed by atoms with Crippen molar-refractivity contribution in [3.05, 3.63) is 0 Å². The van der Waals surface area contributed by atoms with Crippen molar-refractivity contribution in [3.63, 3.8) is 0 Å². The van der Waals surface area contributed by atoms with Crippen molar-refractivity contribution in [2.24, 2.45) is 0 Å². The molecule has 1 aliphatic heterocycles. The van der Waals surface area contributed by atoms with E-state index in [0.717, 1.165) is 25.8 Å². The molecule has 2 N–H and O–H groups in total. The van der Waals surface area contributed by atoms with E-state index in [-0.39, 0.29) is 30.8 Å². The van der Waals surface area contributed by atoms with E-state index in [0.29, 0.717) is 18.5 Å². The van der Waals surface area contributed by atoms with E-state index >= 15 is 0 Å². The first-order valence-electron chi connectivity index (χ1n) is 6.92. The molecule has 1 atom stereocenters. The van der Waals surface area contributed by atoms with E-state index in [1.54, 1.807) is 7.05 Å². The van der Waals surface area contributed by atoms with Crippen LogP contribution >= 0.6 is 12.4 Å². The number of carbonyl (C=O) groups excluding carboxylic acids is 2. The number of hydrogen-bond acceptors (Lipinski definition) is 3. The molecule has 2 aliphatic rings. The summed E-state index contributed by atoms with van der Waals surface area (Å²) in [6.07, 6.45) is 5.95. The zero-order valence-corrected chi connectivity index (χ0v) is 12.3. The molecule has 2 amide bonds. The van der Waals surface area contributed by atoms with Gasteiger partial charge in [-0.3, -0.25) is 9.59 Å². The SMILES string of the molecule is CN(CC(=O)NC1CC1)C(=O)CCC1CCCN1.Cl. The highest BCUT2D eigenvalue weighted by Gasteiger charge is 2.24. The molecule has 0 radical (unpaired) electrons. The lowest BCUT2D eigenvalue weighted by Gasteiger charge is -2.18. The van der Waals surface area contributed by atoms with Gasteiger partial charge >= 0.3 is 0 Å². The van der Waals surface area contributed by atoms with Crippen LogP contribution in [0, 0.1) is 0 Å². The Kier molecular flexibility index (Phi) is 6.58. The van der Waals surface area contributed by atoms with Crippen LogP contribution in [0.15, 0.2) is 0 Å². The zero-order valence-electron chi connectivity index (χ0n) is 11.5. The van der Waals surface area contributed by atoms with Gasteiger partial charge in [-0.05, 0) is 38.6 Å². The van der Waals surface area contributed by atoms with Crippen molar-refractivity contribution >= 4 is 24.2 Å². The minimum atomic E-state index is -0.0349. The monoisotopic (exact) mass is 289 g/mol. The molecule has 1 saturated carbocycles. The number of hydrogen-bond donors (Lipinski definition) is 2. The normalized spacial score (nSPS) is 21.6. The molecule has 0 aromatic rings. The maximum atomic E-state index is 11.9. The molecule has 1 saturated heterocycles. The first-order chi connectivity index (χ1) is 8.65. The number of nitrogens with zero attached hydrogens (tertiary/aromatic N) is 1. The third-order valence-corrected chi connectivity index (χ3v) is 3.62. The van der Waals surface area contributed by atoms with Crippen LogP contribution in [-0.2, 0) is 9.59 Å². The molecule has 0 aromatic heterocycles. The van der Waals surface area contributed by atoms with Gasteiger partial charge in [0.25, 0.3) is 0 Å². The molecule has 1 aliphatic carbocycles. The van der Waals surface area contributed by atoms with E-state index in [2.05, 4.69) is 10.6 Å². The molecule has 6 heteroatoms. The van der Waals surface area contributed by atoms with Crippen LogP contribution in [-0.4, -0.2) is 48.9 Å². The second-order valence-corrected chi connectivity index (χ2v) is 5.42. The molecule has 0 aromatic carbocycles. The summed E-state index contributed by atoms with van der Waals surface area (Å²) in [4.78, 5) is 24.9. The molecule has 5 nitrogen and oxygen atoms in total. The minimum Gasteiger partial charge on any atom is -0.352 e. The topological polar surface area (TPSA) is 61.4 Å². The number of rotatable bonds is 6. The highest BCUT2D eigenvalue weighted by Crippen LogP contribution is 2.18. The van der Waals surface area contributed by atoms with Crippen LogP contribution in [0.3, 0.4) is 0 Å². The summed E-state index contributed by atoms with van der Waals surface area (Å²) in [5.41, 5.74) is 0. The van der Waals surface area contributed by atoms with Gasteiger partial charge in [-0.25, -0.2) is 0 Å². The summed E-state index contributed by atoms with van der Waals surface area (Å²) in [6, 6.07) is 0.853. The van der Waals surface area contributed by atoms with Gasteiger partial charge in [0.05, 0.1) is 6.54 Å². The van der Waals surface area contributed by atoms with Gasteiger partial charge in [0, 0.05) is 25.6 Å². The fourth-order valence-electron chi connectivity index (χ4n) is 2.30. The third kappa shape index (κ3) is 5.78. The van der Waals surface area contributed by atoms with E-state index in [1.165, 1.54) is 17.7 Å². The van der Waals surface area contributed by atoms with Crippen LogP contribution in [0.5, 0.6) is 0 Å². The van der Waals surface area contributed by atoms with E-state index in [9.17, 15) is 9.59 Å². The van der Waals surface area contributed by atoms with Crippen LogP contribution in [0.2, 0.25) is 0 Å². The predicted molar refractivity (Wildman–Crippen MR) is 76.3 cm³/mol. The summed E-state index contributed by atoms with van der Waals surface area (Å²) >= 11 is 0.